The van der Waals surface area contributed by atoms with Gasteiger partial charge in [-0.1, -0.05) is 35.0 Å². The number of piperidine rings is 1. The third-order valence-corrected chi connectivity index (χ3v) is 4.47. The predicted molar refractivity (Wildman–Crippen MR) is 76.6 cm³/mol. The van der Waals surface area contributed by atoms with Crippen molar-refractivity contribution in [2.75, 3.05) is 13.7 Å². The fraction of sp³-hybridized carbons (Fsp3) is 0.467. The zero-order valence-corrected chi connectivity index (χ0v) is 12.5. The number of carbonyl (C=O) groups excluding carboxylic acids is 2. The van der Waals surface area contributed by atoms with Gasteiger partial charge in [0.2, 0.25) is 6.04 Å². The molecule has 1 aromatic rings. The summed E-state index contributed by atoms with van der Waals surface area (Å²) in [6.07, 6.45) is 1.20. The van der Waals surface area contributed by atoms with Crippen molar-refractivity contribution in [1.29, 1.82) is 0 Å². The topological polar surface area (TPSA) is 81.9 Å². The molecule has 2 heterocycles. The Labute approximate surface area is 128 Å². The summed E-state index contributed by atoms with van der Waals surface area (Å²) in [5, 5.41) is 1.36. The third-order valence-electron chi connectivity index (χ3n) is 4.47. The summed E-state index contributed by atoms with van der Waals surface area (Å²) in [4.78, 5) is 35.5. The van der Waals surface area contributed by atoms with Crippen LogP contribution in [0.1, 0.15) is 18.4 Å². The maximum Gasteiger partial charge on any atom is 0.476 e. The normalized spacial score (nSPS) is 30.6. The van der Waals surface area contributed by atoms with E-state index < -0.39 is 16.6 Å². The van der Waals surface area contributed by atoms with E-state index in [-0.39, 0.29) is 12.1 Å². The van der Waals surface area contributed by atoms with Crippen molar-refractivity contribution in [3.63, 3.8) is 0 Å². The average Bonchev–Trinajstić information content (AvgIpc) is 2.74. The van der Waals surface area contributed by atoms with Gasteiger partial charge in [0.15, 0.2) is 0 Å². The van der Waals surface area contributed by atoms with Crippen molar-refractivity contribution in [1.82, 2.24) is 5.06 Å². The maximum atomic E-state index is 12.7. The van der Waals surface area contributed by atoms with Gasteiger partial charge in [-0.25, -0.2) is 4.79 Å². The third kappa shape index (κ3) is 2.27. The number of benzene rings is 1. The summed E-state index contributed by atoms with van der Waals surface area (Å²) in [7, 11) is 1.43. The predicted octanol–water partition coefficient (Wildman–Crippen LogP) is 0.948. The maximum absolute atomic E-state index is 12.7. The molecule has 2 fully saturated rings. The van der Waals surface area contributed by atoms with Crippen LogP contribution in [0.4, 0.5) is 4.79 Å². The molecule has 0 aliphatic carbocycles. The van der Waals surface area contributed by atoms with Crippen molar-refractivity contribution in [3.8, 4) is 0 Å². The van der Waals surface area contributed by atoms with Gasteiger partial charge in [0, 0.05) is 6.42 Å². The van der Waals surface area contributed by atoms with Crippen LogP contribution in [0.15, 0.2) is 30.3 Å². The Bertz CT molecular complexity index is 579. The molecule has 2 N–H and O–H groups in total. The minimum Gasteiger partial charge on any atom is -0.364 e. The number of primary amides is 1. The van der Waals surface area contributed by atoms with Crippen LogP contribution in [-0.2, 0) is 21.1 Å². The first-order valence-corrected chi connectivity index (χ1v) is 7.32. The summed E-state index contributed by atoms with van der Waals surface area (Å²) < 4.78 is -0.394. The number of carbonyl (C=O) groups is 2. The van der Waals surface area contributed by atoms with E-state index >= 15 is 0 Å². The highest BCUT2D eigenvalue weighted by atomic mass is 16.8. The molecule has 7 nitrogen and oxygen atoms in total. The molecule has 0 spiro atoms. The molecule has 2 bridgehead atoms. The van der Waals surface area contributed by atoms with Crippen LogP contribution in [0, 0.1) is 0 Å². The van der Waals surface area contributed by atoms with E-state index in [1.807, 2.05) is 30.3 Å². The van der Waals surface area contributed by atoms with Gasteiger partial charge in [0.1, 0.15) is 19.2 Å². The zero-order chi connectivity index (χ0) is 15.7. The van der Waals surface area contributed by atoms with E-state index in [1.165, 1.54) is 12.2 Å². The minimum atomic E-state index is -0.654. The largest absolute Gasteiger partial charge is 0.476 e. The number of urea groups is 1. The summed E-state index contributed by atoms with van der Waals surface area (Å²) in [6, 6.07) is 8.51. The lowest BCUT2D eigenvalue weighted by Gasteiger charge is -2.33. The van der Waals surface area contributed by atoms with Gasteiger partial charge >= 0.3 is 6.03 Å². The van der Waals surface area contributed by atoms with Gasteiger partial charge < -0.3 is 5.73 Å². The lowest BCUT2D eigenvalue weighted by atomic mass is 10.00. The van der Waals surface area contributed by atoms with E-state index in [2.05, 4.69) is 0 Å². The van der Waals surface area contributed by atoms with Crippen molar-refractivity contribution in [3.05, 3.63) is 35.9 Å². The van der Waals surface area contributed by atoms with Gasteiger partial charge in [-0.3, -0.25) is 9.63 Å². The number of rotatable bonds is 5. The second-order valence-corrected chi connectivity index (χ2v) is 5.68. The number of fused-ring (bicyclic) bond motifs is 2. The molecule has 3 rings (SSSR count). The van der Waals surface area contributed by atoms with E-state index in [9.17, 15) is 9.59 Å². The van der Waals surface area contributed by atoms with Crippen molar-refractivity contribution >= 4 is 11.9 Å². The smallest absolute Gasteiger partial charge is 0.364 e. The number of hydroxylamine groups is 5. The molecule has 3 atom stereocenters. The molecule has 1 unspecified atom stereocenters. The Balaban J connectivity index is 1.77. The van der Waals surface area contributed by atoms with Crippen molar-refractivity contribution in [2.24, 2.45) is 5.73 Å². The molecule has 2 aliphatic heterocycles. The highest BCUT2D eigenvalue weighted by Crippen LogP contribution is 2.37. The molecule has 22 heavy (non-hydrogen) atoms. The first-order valence-electron chi connectivity index (χ1n) is 7.32. The Hall–Kier alpha value is -1.96. The highest BCUT2D eigenvalue weighted by molar-refractivity contribution is 5.82. The lowest BCUT2D eigenvalue weighted by Crippen LogP contribution is -2.62. The highest BCUT2D eigenvalue weighted by Gasteiger charge is 2.64. The summed E-state index contributed by atoms with van der Waals surface area (Å²) in [5.41, 5.74) is 6.41. The molecule has 2 saturated heterocycles. The van der Waals surface area contributed by atoms with E-state index in [0.29, 0.717) is 26.0 Å². The average molecular weight is 306 g/mol. The second-order valence-electron chi connectivity index (χ2n) is 5.68. The standard InChI is InChI=1S/C15H19N3O4/c1-21-18-9-12(7-8-13(18)14(16)19)17(15(18)20)22-10-11-5-3-2-4-6-11/h2-6,12-13H,7-10H2,1H3,(H-,16,19)/p+1/t12-,13+,18?/m1/s1. The molecule has 0 radical (unpaired) electrons. The quantitative estimate of drug-likeness (QED) is 0.821. The number of hydrogen-bond acceptors (Lipinski definition) is 4. The van der Waals surface area contributed by atoms with Gasteiger partial charge in [0.25, 0.3) is 5.91 Å². The molecule has 2 aliphatic rings. The molecule has 118 valence electrons. The molecule has 0 saturated carbocycles. The van der Waals surface area contributed by atoms with Crippen LogP contribution in [0.2, 0.25) is 0 Å². The monoisotopic (exact) mass is 306 g/mol. The summed E-state index contributed by atoms with van der Waals surface area (Å²) in [6.45, 7) is 0.686. The van der Waals surface area contributed by atoms with Crippen LogP contribution >= 0.6 is 0 Å². The van der Waals surface area contributed by atoms with E-state index in [4.69, 9.17) is 15.4 Å². The van der Waals surface area contributed by atoms with Gasteiger partial charge in [0.05, 0.1) is 7.11 Å². The minimum absolute atomic E-state index is 0.0910. The fourth-order valence-electron chi connectivity index (χ4n) is 3.32. The summed E-state index contributed by atoms with van der Waals surface area (Å²) >= 11 is 0. The molecular weight excluding hydrogens is 286 g/mol. The number of hydrogen-bond donors (Lipinski definition) is 1. The van der Waals surface area contributed by atoms with Gasteiger partial charge in [-0.2, -0.15) is 9.90 Å². The Morgan fingerprint density at radius 1 is 1.36 bits per heavy atom. The Morgan fingerprint density at radius 2 is 2.09 bits per heavy atom. The van der Waals surface area contributed by atoms with Crippen LogP contribution < -0.4 is 5.73 Å². The fourth-order valence-corrected chi connectivity index (χ4v) is 3.32. The first kappa shape index (κ1) is 15.0. The number of nitrogens with zero attached hydrogens (tertiary/aromatic N) is 2. The van der Waals surface area contributed by atoms with Crippen LogP contribution in [0.3, 0.4) is 0 Å². The SMILES string of the molecule is CO[N+]12C[C@@H](CC[C@H]1C(N)=O)N(OCc1ccccc1)C2=O. The molecule has 7 heteroatoms. The lowest BCUT2D eigenvalue weighted by molar-refractivity contribution is -1.05. The molecule has 3 amide bonds. The van der Waals surface area contributed by atoms with Crippen LogP contribution in [0.25, 0.3) is 0 Å². The first-order chi connectivity index (χ1) is 10.6. The molecular formula is C15H20N3O4+. The van der Waals surface area contributed by atoms with E-state index in [0.717, 1.165) is 5.56 Å². The van der Waals surface area contributed by atoms with Crippen molar-refractivity contribution in [2.45, 2.75) is 31.5 Å². The van der Waals surface area contributed by atoms with Crippen LogP contribution in [0.5, 0.6) is 0 Å². The number of nitrogens with two attached hydrogens (primary N) is 1. The van der Waals surface area contributed by atoms with E-state index in [1.54, 1.807) is 0 Å². The number of quaternary nitrogens is 1. The van der Waals surface area contributed by atoms with Gasteiger partial charge in [-0.05, 0) is 12.0 Å². The van der Waals surface area contributed by atoms with Gasteiger partial charge in [-0.15, -0.1) is 0 Å². The number of amides is 3. The van der Waals surface area contributed by atoms with Crippen molar-refractivity contribution < 1.29 is 23.9 Å². The zero-order valence-electron chi connectivity index (χ0n) is 12.5. The second kappa shape index (κ2) is 5.68. The summed E-state index contributed by atoms with van der Waals surface area (Å²) in [5.74, 6) is -0.515. The molecule has 0 aromatic heterocycles. The Kier molecular flexibility index (Phi) is 3.86. The molecule has 1 aromatic carbocycles. The Morgan fingerprint density at radius 3 is 2.73 bits per heavy atom. The van der Waals surface area contributed by atoms with Crippen LogP contribution in [-0.4, -0.2) is 47.4 Å².